The van der Waals surface area contributed by atoms with Gasteiger partial charge in [0.2, 0.25) is 5.91 Å². The molecule has 3 heterocycles. The van der Waals surface area contributed by atoms with Crippen molar-refractivity contribution >= 4 is 65.7 Å². The number of thioether (sulfide) groups is 1. The molecule has 1 fully saturated rings. The summed E-state index contributed by atoms with van der Waals surface area (Å²) in [5.41, 5.74) is 0.870. The van der Waals surface area contributed by atoms with Crippen LogP contribution in [-0.2, 0) is 14.8 Å². The smallest absolute Gasteiger partial charge is 0.252 e. The van der Waals surface area contributed by atoms with Gasteiger partial charge in [-0.25, -0.2) is 13.4 Å². The van der Waals surface area contributed by atoms with Crippen LogP contribution in [0.3, 0.4) is 0 Å². The molecule has 28 heavy (non-hydrogen) atoms. The number of thiophene rings is 1. The van der Waals surface area contributed by atoms with Gasteiger partial charge in [-0.3, -0.25) is 4.79 Å². The number of nitrogens with zero attached hydrogens (tertiary/aromatic N) is 2. The van der Waals surface area contributed by atoms with Crippen LogP contribution in [0.15, 0.2) is 44.8 Å². The number of thiazole rings is 1. The second-order valence-electron chi connectivity index (χ2n) is 6.45. The third kappa shape index (κ3) is 3.97. The van der Waals surface area contributed by atoms with E-state index in [2.05, 4.69) is 16.4 Å². The van der Waals surface area contributed by atoms with Gasteiger partial charge in [-0.15, -0.1) is 23.1 Å². The second-order valence-corrected chi connectivity index (χ2v) is 11.5. The first-order valence-electron chi connectivity index (χ1n) is 8.76. The number of aromatic nitrogens is 1. The zero-order valence-electron chi connectivity index (χ0n) is 15.1. The SMILES string of the molecule is CSc1ccc2nc(NC(=O)C3CCN(S(=O)(=O)c4cccs4)CC3)sc2c1. The second kappa shape index (κ2) is 8.11. The number of hydrogen-bond acceptors (Lipinski definition) is 7. The summed E-state index contributed by atoms with van der Waals surface area (Å²) in [6, 6.07) is 9.40. The third-order valence-electron chi connectivity index (χ3n) is 4.74. The highest BCUT2D eigenvalue weighted by molar-refractivity contribution is 7.98. The van der Waals surface area contributed by atoms with Crippen LogP contribution in [0.5, 0.6) is 0 Å². The summed E-state index contributed by atoms with van der Waals surface area (Å²) >= 11 is 4.35. The van der Waals surface area contributed by atoms with E-state index in [1.54, 1.807) is 29.3 Å². The van der Waals surface area contributed by atoms with Crippen molar-refractivity contribution in [3.63, 3.8) is 0 Å². The highest BCUT2D eigenvalue weighted by atomic mass is 32.2. The van der Waals surface area contributed by atoms with Gasteiger partial charge in [0.1, 0.15) is 4.21 Å². The molecule has 0 saturated carbocycles. The predicted octanol–water partition coefficient (Wildman–Crippen LogP) is 4.12. The van der Waals surface area contributed by atoms with Crippen molar-refractivity contribution in [2.24, 2.45) is 5.92 Å². The van der Waals surface area contributed by atoms with E-state index in [-0.39, 0.29) is 11.8 Å². The lowest BCUT2D eigenvalue weighted by Crippen LogP contribution is -2.41. The number of sulfonamides is 1. The van der Waals surface area contributed by atoms with Crippen molar-refractivity contribution in [2.45, 2.75) is 21.9 Å². The van der Waals surface area contributed by atoms with Gasteiger partial charge in [0.25, 0.3) is 10.0 Å². The summed E-state index contributed by atoms with van der Waals surface area (Å²) < 4.78 is 28.1. The first-order chi connectivity index (χ1) is 13.5. The Morgan fingerprint density at radius 1 is 1.29 bits per heavy atom. The molecule has 1 saturated heterocycles. The largest absolute Gasteiger partial charge is 0.302 e. The molecule has 6 nitrogen and oxygen atoms in total. The quantitative estimate of drug-likeness (QED) is 0.588. The van der Waals surface area contributed by atoms with Crippen LogP contribution in [-0.4, -0.2) is 43.0 Å². The van der Waals surface area contributed by atoms with E-state index < -0.39 is 10.0 Å². The number of carbonyl (C=O) groups is 1. The van der Waals surface area contributed by atoms with Crippen molar-refractivity contribution in [1.29, 1.82) is 0 Å². The van der Waals surface area contributed by atoms with Crippen LogP contribution in [0.2, 0.25) is 0 Å². The van der Waals surface area contributed by atoms with Gasteiger partial charge < -0.3 is 5.32 Å². The Bertz CT molecular complexity index is 1080. The highest BCUT2D eigenvalue weighted by Gasteiger charge is 2.32. The molecule has 0 unspecified atom stereocenters. The summed E-state index contributed by atoms with van der Waals surface area (Å²) in [6.45, 7) is 0.713. The fraction of sp³-hybridized carbons (Fsp3) is 0.333. The topological polar surface area (TPSA) is 79.4 Å². The minimum absolute atomic E-state index is 0.0858. The maximum absolute atomic E-state index is 12.6. The van der Waals surface area contributed by atoms with Gasteiger partial charge in [-0.05, 0) is 48.7 Å². The number of amides is 1. The van der Waals surface area contributed by atoms with E-state index in [9.17, 15) is 13.2 Å². The fourth-order valence-corrected chi connectivity index (χ4v) is 7.23. The van der Waals surface area contributed by atoms with E-state index in [1.807, 2.05) is 18.4 Å². The number of benzene rings is 1. The zero-order valence-corrected chi connectivity index (χ0v) is 18.4. The molecule has 1 N–H and O–H groups in total. The monoisotopic (exact) mass is 453 g/mol. The molecule has 0 aliphatic carbocycles. The number of rotatable bonds is 5. The number of piperidine rings is 1. The average Bonchev–Trinajstić information content (AvgIpc) is 3.37. The molecule has 0 spiro atoms. The van der Waals surface area contributed by atoms with Gasteiger partial charge in [0.15, 0.2) is 5.13 Å². The first-order valence-corrected chi connectivity index (χ1v) is 13.1. The molecule has 1 aromatic carbocycles. The Morgan fingerprint density at radius 3 is 2.75 bits per heavy atom. The first kappa shape index (κ1) is 19.8. The van der Waals surface area contributed by atoms with E-state index >= 15 is 0 Å². The van der Waals surface area contributed by atoms with Gasteiger partial charge in [0, 0.05) is 23.9 Å². The number of anilines is 1. The Kier molecular flexibility index (Phi) is 5.75. The lowest BCUT2D eigenvalue weighted by atomic mass is 9.97. The molecule has 1 aliphatic heterocycles. The normalized spacial score (nSPS) is 16.5. The van der Waals surface area contributed by atoms with Crippen LogP contribution < -0.4 is 5.32 Å². The van der Waals surface area contributed by atoms with Crippen molar-refractivity contribution in [3.8, 4) is 0 Å². The van der Waals surface area contributed by atoms with Crippen LogP contribution >= 0.6 is 34.4 Å². The molecule has 4 rings (SSSR count). The number of nitrogens with one attached hydrogen (secondary N) is 1. The van der Waals surface area contributed by atoms with Crippen LogP contribution in [0.4, 0.5) is 5.13 Å². The summed E-state index contributed by atoms with van der Waals surface area (Å²) in [6.07, 6.45) is 3.05. The molecular weight excluding hydrogens is 434 g/mol. The molecule has 0 bridgehead atoms. The molecule has 1 amide bonds. The minimum atomic E-state index is -3.44. The minimum Gasteiger partial charge on any atom is -0.302 e. The van der Waals surface area contributed by atoms with Crippen molar-refractivity contribution in [2.75, 3.05) is 24.7 Å². The van der Waals surface area contributed by atoms with E-state index in [0.717, 1.165) is 15.1 Å². The maximum Gasteiger partial charge on any atom is 0.252 e. The number of fused-ring (bicyclic) bond motifs is 1. The molecule has 2 aromatic heterocycles. The zero-order chi connectivity index (χ0) is 19.7. The van der Waals surface area contributed by atoms with Crippen LogP contribution in [0.1, 0.15) is 12.8 Å². The summed E-state index contributed by atoms with van der Waals surface area (Å²) in [5.74, 6) is -0.291. The Morgan fingerprint density at radius 2 is 2.07 bits per heavy atom. The predicted molar refractivity (Wildman–Crippen MR) is 116 cm³/mol. The van der Waals surface area contributed by atoms with Crippen LogP contribution in [0, 0.1) is 5.92 Å². The van der Waals surface area contributed by atoms with Gasteiger partial charge >= 0.3 is 0 Å². The molecule has 0 atom stereocenters. The van der Waals surface area contributed by atoms with Crippen molar-refractivity contribution in [1.82, 2.24) is 9.29 Å². The molecule has 148 valence electrons. The lowest BCUT2D eigenvalue weighted by Gasteiger charge is -2.29. The summed E-state index contributed by atoms with van der Waals surface area (Å²) in [7, 11) is -3.44. The summed E-state index contributed by atoms with van der Waals surface area (Å²) in [4.78, 5) is 18.3. The average molecular weight is 454 g/mol. The van der Waals surface area contributed by atoms with Gasteiger partial charge in [0.05, 0.1) is 10.2 Å². The molecule has 10 heteroatoms. The van der Waals surface area contributed by atoms with Gasteiger partial charge in [-0.2, -0.15) is 4.31 Å². The Hall–Kier alpha value is -1.46. The number of hydrogen-bond donors (Lipinski definition) is 1. The fourth-order valence-electron chi connectivity index (χ4n) is 3.19. The third-order valence-corrected chi connectivity index (χ3v) is 9.67. The van der Waals surface area contributed by atoms with E-state index in [1.165, 1.54) is 27.0 Å². The lowest BCUT2D eigenvalue weighted by molar-refractivity contribution is -0.120. The standard InChI is InChI=1S/C18H19N3O3S4/c1-25-13-4-5-14-15(11-13)27-18(19-14)20-17(22)12-6-8-21(9-7-12)28(23,24)16-3-2-10-26-16/h2-5,10-12H,6-9H2,1H3,(H,19,20,22). The van der Waals surface area contributed by atoms with Crippen molar-refractivity contribution in [3.05, 3.63) is 35.7 Å². The molecular formula is C18H19N3O3S4. The molecule has 1 aliphatic rings. The van der Waals surface area contributed by atoms with E-state index in [0.29, 0.717) is 35.3 Å². The van der Waals surface area contributed by atoms with Gasteiger partial charge in [-0.1, -0.05) is 17.4 Å². The van der Waals surface area contributed by atoms with E-state index in [4.69, 9.17) is 0 Å². The maximum atomic E-state index is 12.6. The molecule has 3 aromatic rings. The number of carbonyl (C=O) groups excluding carboxylic acids is 1. The van der Waals surface area contributed by atoms with Crippen molar-refractivity contribution < 1.29 is 13.2 Å². The Balaban J connectivity index is 1.39. The highest BCUT2D eigenvalue weighted by Crippen LogP contribution is 2.31. The summed E-state index contributed by atoms with van der Waals surface area (Å²) in [5, 5.41) is 5.26. The molecule has 0 radical (unpaired) electrons. The Labute approximate surface area is 176 Å². The van der Waals surface area contributed by atoms with Crippen LogP contribution in [0.25, 0.3) is 10.2 Å².